The van der Waals surface area contributed by atoms with Crippen molar-refractivity contribution in [3.05, 3.63) is 59.0 Å². The largest absolute Gasteiger partial charge is 0.469 e. The highest BCUT2D eigenvalue weighted by atomic mass is 16.3. The van der Waals surface area contributed by atoms with Crippen molar-refractivity contribution in [2.24, 2.45) is 0 Å². The zero-order valence-electron chi connectivity index (χ0n) is 11.2. The third kappa shape index (κ3) is 2.49. The van der Waals surface area contributed by atoms with Crippen LogP contribution in [0.4, 0.5) is 0 Å². The van der Waals surface area contributed by atoms with E-state index in [1.54, 1.807) is 6.26 Å². The van der Waals surface area contributed by atoms with Crippen LogP contribution in [0, 0.1) is 6.92 Å². The third-order valence-electron chi connectivity index (χ3n) is 3.63. The molecule has 96 valence electrons. The fourth-order valence-electron chi connectivity index (χ4n) is 2.10. The average molecular weight is 244 g/mol. The number of aliphatic hydroxyl groups is 1. The number of hydrogen-bond acceptors (Lipinski definition) is 2. The summed E-state index contributed by atoms with van der Waals surface area (Å²) in [6.45, 7) is 6.26. The van der Waals surface area contributed by atoms with Crippen LogP contribution >= 0.6 is 0 Å². The summed E-state index contributed by atoms with van der Waals surface area (Å²) in [5, 5.41) is 10.3. The fraction of sp³-hybridized carbons (Fsp3) is 0.375. The number of benzene rings is 1. The molecule has 2 nitrogen and oxygen atoms in total. The molecule has 0 aliphatic rings. The Morgan fingerprint density at radius 1 is 1.11 bits per heavy atom. The van der Waals surface area contributed by atoms with E-state index >= 15 is 0 Å². The maximum absolute atomic E-state index is 10.3. The lowest BCUT2D eigenvalue weighted by Crippen LogP contribution is -2.00. The van der Waals surface area contributed by atoms with Gasteiger partial charge < -0.3 is 9.52 Å². The SMILES string of the molecule is CCC(C)c1ccc(C(O)c2ccoc2C)cc1. The summed E-state index contributed by atoms with van der Waals surface area (Å²) in [5.74, 6) is 1.33. The van der Waals surface area contributed by atoms with Crippen LogP contribution in [-0.4, -0.2) is 5.11 Å². The van der Waals surface area contributed by atoms with Crippen LogP contribution in [0.3, 0.4) is 0 Å². The minimum absolute atomic E-state index is 0.562. The molecule has 2 unspecified atom stereocenters. The molecule has 0 fully saturated rings. The van der Waals surface area contributed by atoms with Gasteiger partial charge in [0.15, 0.2) is 0 Å². The predicted octanol–water partition coefficient (Wildman–Crippen LogP) is 4.18. The zero-order chi connectivity index (χ0) is 13.1. The van der Waals surface area contributed by atoms with Gasteiger partial charge in [-0.15, -0.1) is 0 Å². The Morgan fingerprint density at radius 3 is 2.22 bits per heavy atom. The van der Waals surface area contributed by atoms with Gasteiger partial charge in [0, 0.05) is 5.56 Å². The first-order valence-electron chi connectivity index (χ1n) is 6.45. The highest BCUT2D eigenvalue weighted by Crippen LogP contribution is 2.27. The second-order valence-electron chi connectivity index (χ2n) is 4.81. The number of rotatable bonds is 4. The normalized spacial score (nSPS) is 14.4. The summed E-state index contributed by atoms with van der Waals surface area (Å²) in [4.78, 5) is 0. The molecule has 0 radical (unpaired) electrons. The van der Waals surface area contributed by atoms with Gasteiger partial charge in [-0.05, 0) is 36.5 Å². The Bertz CT molecular complexity index is 496. The number of hydrogen-bond donors (Lipinski definition) is 1. The van der Waals surface area contributed by atoms with Gasteiger partial charge in [0.05, 0.1) is 6.26 Å². The molecule has 2 rings (SSSR count). The van der Waals surface area contributed by atoms with Crippen LogP contribution in [0.25, 0.3) is 0 Å². The molecule has 0 aliphatic heterocycles. The van der Waals surface area contributed by atoms with Crippen molar-refractivity contribution >= 4 is 0 Å². The van der Waals surface area contributed by atoms with Gasteiger partial charge in [0.2, 0.25) is 0 Å². The lowest BCUT2D eigenvalue weighted by Gasteiger charge is -2.13. The minimum Gasteiger partial charge on any atom is -0.469 e. The molecular weight excluding hydrogens is 224 g/mol. The van der Waals surface area contributed by atoms with Gasteiger partial charge in [-0.2, -0.15) is 0 Å². The van der Waals surface area contributed by atoms with Gasteiger partial charge >= 0.3 is 0 Å². The van der Waals surface area contributed by atoms with E-state index in [2.05, 4.69) is 26.0 Å². The van der Waals surface area contributed by atoms with E-state index in [0.717, 1.165) is 23.3 Å². The minimum atomic E-state index is -0.602. The number of aliphatic hydroxyl groups excluding tert-OH is 1. The molecular formula is C16H20O2. The van der Waals surface area contributed by atoms with Crippen molar-refractivity contribution in [2.45, 2.75) is 39.2 Å². The molecule has 1 aromatic carbocycles. The Balaban J connectivity index is 2.22. The summed E-state index contributed by atoms with van der Waals surface area (Å²) in [6.07, 6.45) is 2.14. The van der Waals surface area contributed by atoms with Crippen LogP contribution in [0.2, 0.25) is 0 Å². The van der Waals surface area contributed by atoms with E-state index in [9.17, 15) is 5.11 Å². The van der Waals surface area contributed by atoms with E-state index in [-0.39, 0.29) is 0 Å². The molecule has 1 heterocycles. The highest BCUT2D eigenvalue weighted by molar-refractivity contribution is 5.33. The van der Waals surface area contributed by atoms with E-state index < -0.39 is 6.10 Å². The summed E-state index contributed by atoms with van der Waals surface area (Å²) < 4.78 is 5.23. The Kier molecular flexibility index (Phi) is 3.87. The van der Waals surface area contributed by atoms with Gasteiger partial charge in [-0.3, -0.25) is 0 Å². The van der Waals surface area contributed by atoms with E-state index in [4.69, 9.17) is 4.42 Å². The van der Waals surface area contributed by atoms with Crippen LogP contribution in [0.1, 0.15) is 54.7 Å². The molecule has 1 aromatic heterocycles. The van der Waals surface area contributed by atoms with Crippen molar-refractivity contribution < 1.29 is 9.52 Å². The molecule has 0 bridgehead atoms. The summed E-state index contributed by atoms with van der Waals surface area (Å²) in [7, 11) is 0. The summed E-state index contributed by atoms with van der Waals surface area (Å²) in [5.41, 5.74) is 3.07. The molecule has 2 heteroatoms. The maximum atomic E-state index is 10.3. The molecule has 18 heavy (non-hydrogen) atoms. The topological polar surface area (TPSA) is 33.4 Å². The molecule has 2 aromatic rings. The van der Waals surface area contributed by atoms with Crippen molar-refractivity contribution in [1.82, 2.24) is 0 Å². The van der Waals surface area contributed by atoms with Crippen LogP contribution in [-0.2, 0) is 0 Å². The Labute approximate surface area is 108 Å². The Morgan fingerprint density at radius 2 is 1.72 bits per heavy atom. The third-order valence-corrected chi connectivity index (χ3v) is 3.63. The van der Waals surface area contributed by atoms with E-state index in [1.165, 1.54) is 5.56 Å². The molecule has 1 N–H and O–H groups in total. The molecule has 0 saturated heterocycles. The first kappa shape index (κ1) is 12.9. The smallest absolute Gasteiger partial charge is 0.107 e. The number of furan rings is 1. The molecule has 0 amide bonds. The zero-order valence-corrected chi connectivity index (χ0v) is 11.2. The van der Waals surface area contributed by atoms with Gasteiger partial charge in [-0.1, -0.05) is 38.1 Å². The van der Waals surface area contributed by atoms with Crippen LogP contribution in [0.5, 0.6) is 0 Å². The lowest BCUT2D eigenvalue weighted by molar-refractivity contribution is 0.218. The van der Waals surface area contributed by atoms with Gasteiger partial charge in [0.1, 0.15) is 11.9 Å². The van der Waals surface area contributed by atoms with Gasteiger partial charge in [0.25, 0.3) is 0 Å². The second kappa shape index (κ2) is 5.40. The van der Waals surface area contributed by atoms with Crippen LogP contribution < -0.4 is 0 Å². The predicted molar refractivity (Wildman–Crippen MR) is 72.7 cm³/mol. The van der Waals surface area contributed by atoms with E-state index in [1.807, 2.05) is 25.1 Å². The fourth-order valence-corrected chi connectivity index (χ4v) is 2.10. The van der Waals surface area contributed by atoms with Crippen molar-refractivity contribution in [3.63, 3.8) is 0 Å². The number of aryl methyl sites for hydroxylation is 1. The Hall–Kier alpha value is -1.54. The van der Waals surface area contributed by atoms with Crippen LogP contribution in [0.15, 0.2) is 41.0 Å². The molecule has 0 aliphatic carbocycles. The second-order valence-corrected chi connectivity index (χ2v) is 4.81. The maximum Gasteiger partial charge on any atom is 0.107 e. The average Bonchev–Trinajstić information content (AvgIpc) is 2.83. The quantitative estimate of drug-likeness (QED) is 0.875. The molecule has 0 saturated carbocycles. The standard InChI is InChI=1S/C16H20O2/c1-4-11(2)13-5-7-14(8-6-13)16(17)15-9-10-18-12(15)3/h5-11,16-17H,4H2,1-3H3. The van der Waals surface area contributed by atoms with Crippen molar-refractivity contribution in [3.8, 4) is 0 Å². The monoisotopic (exact) mass is 244 g/mol. The van der Waals surface area contributed by atoms with Crippen molar-refractivity contribution in [1.29, 1.82) is 0 Å². The first-order valence-corrected chi connectivity index (χ1v) is 6.45. The van der Waals surface area contributed by atoms with E-state index in [0.29, 0.717) is 5.92 Å². The van der Waals surface area contributed by atoms with Gasteiger partial charge in [-0.25, -0.2) is 0 Å². The molecule has 0 spiro atoms. The van der Waals surface area contributed by atoms with Crippen molar-refractivity contribution in [2.75, 3.05) is 0 Å². The molecule has 2 atom stereocenters. The highest BCUT2D eigenvalue weighted by Gasteiger charge is 2.15. The lowest BCUT2D eigenvalue weighted by atomic mass is 9.95. The first-order chi connectivity index (χ1) is 8.63. The summed E-state index contributed by atoms with van der Waals surface area (Å²) in [6, 6.07) is 10.0. The summed E-state index contributed by atoms with van der Waals surface area (Å²) >= 11 is 0.